The first-order chi connectivity index (χ1) is 9.66. The van der Waals surface area contributed by atoms with Crippen molar-refractivity contribution in [3.05, 3.63) is 40.2 Å². The molecular weight excluding hydrogens is 292 g/mol. The lowest BCUT2D eigenvalue weighted by molar-refractivity contribution is 0.661. The number of aryl methyl sites for hydroxylation is 3. The molecule has 0 radical (unpaired) electrons. The highest BCUT2D eigenvalue weighted by Gasteiger charge is 2.17. The van der Waals surface area contributed by atoms with Crippen LogP contribution >= 0.6 is 22.9 Å². The van der Waals surface area contributed by atoms with Crippen LogP contribution in [-0.2, 0) is 13.0 Å². The summed E-state index contributed by atoms with van der Waals surface area (Å²) in [4.78, 5) is 13.5. The van der Waals surface area contributed by atoms with E-state index >= 15 is 0 Å². The van der Waals surface area contributed by atoms with Gasteiger partial charge in [-0.1, -0.05) is 0 Å². The van der Waals surface area contributed by atoms with E-state index in [1.54, 1.807) is 11.3 Å². The summed E-state index contributed by atoms with van der Waals surface area (Å²) in [6.45, 7) is 4.79. The molecule has 0 aliphatic heterocycles. The van der Waals surface area contributed by atoms with Crippen molar-refractivity contribution < 1.29 is 0 Å². The van der Waals surface area contributed by atoms with Gasteiger partial charge in [-0.2, -0.15) is 0 Å². The molecule has 0 bridgehead atoms. The molecule has 6 heteroatoms. The number of fused-ring (bicyclic) bond motifs is 1. The summed E-state index contributed by atoms with van der Waals surface area (Å²) in [5.74, 6) is 0.875. The largest absolute Gasteiger partial charge is 0.311 e. The number of thiazole rings is 1. The molecule has 3 rings (SSSR count). The van der Waals surface area contributed by atoms with Gasteiger partial charge in [0.05, 0.1) is 10.4 Å². The lowest BCUT2D eigenvalue weighted by Crippen LogP contribution is -2.07. The molecular formula is C14H15ClN4S. The number of hydrogen-bond donors (Lipinski definition) is 0. The number of hydrogen-bond acceptors (Lipinski definition) is 4. The third kappa shape index (κ3) is 2.43. The average Bonchev–Trinajstić information content (AvgIpc) is 3.03. The predicted octanol–water partition coefficient (Wildman–Crippen LogP) is 3.74. The molecule has 1 atom stereocenters. The van der Waals surface area contributed by atoms with Gasteiger partial charge in [-0.25, -0.2) is 15.0 Å². The molecule has 0 aliphatic rings. The number of imidazole rings is 1. The molecule has 0 fully saturated rings. The Kier molecular flexibility index (Phi) is 3.72. The number of pyridine rings is 1. The van der Waals surface area contributed by atoms with Gasteiger partial charge >= 0.3 is 0 Å². The highest BCUT2D eigenvalue weighted by atomic mass is 35.5. The van der Waals surface area contributed by atoms with Crippen molar-refractivity contribution in [3.8, 4) is 0 Å². The summed E-state index contributed by atoms with van der Waals surface area (Å²) in [7, 11) is 0. The molecule has 0 saturated carbocycles. The lowest BCUT2D eigenvalue weighted by atomic mass is 10.3. The van der Waals surface area contributed by atoms with E-state index in [0.29, 0.717) is 0 Å². The maximum Gasteiger partial charge on any atom is 0.160 e. The Hall–Kier alpha value is -1.46. The highest BCUT2D eigenvalue weighted by molar-refractivity contribution is 7.09. The molecule has 1 unspecified atom stereocenters. The van der Waals surface area contributed by atoms with E-state index in [9.17, 15) is 0 Å². The van der Waals surface area contributed by atoms with Gasteiger partial charge in [-0.15, -0.1) is 22.9 Å². The first-order valence-electron chi connectivity index (χ1n) is 6.51. The zero-order valence-electron chi connectivity index (χ0n) is 11.4. The Labute approximate surface area is 126 Å². The van der Waals surface area contributed by atoms with Crippen LogP contribution in [0.25, 0.3) is 11.2 Å². The van der Waals surface area contributed by atoms with Crippen LogP contribution in [0.1, 0.15) is 28.7 Å². The summed E-state index contributed by atoms with van der Waals surface area (Å²) < 4.78 is 2.11. The van der Waals surface area contributed by atoms with Gasteiger partial charge in [0.15, 0.2) is 5.65 Å². The fourth-order valence-corrected chi connectivity index (χ4v) is 3.04. The number of alkyl halides is 1. The van der Waals surface area contributed by atoms with Crippen LogP contribution < -0.4 is 0 Å². The Morgan fingerprint density at radius 3 is 2.90 bits per heavy atom. The van der Waals surface area contributed by atoms with Crippen LogP contribution in [0.5, 0.6) is 0 Å². The Balaban J connectivity index is 2.02. The number of nitrogens with zero attached hydrogens (tertiary/aromatic N) is 4. The van der Waals surface area contributed by atoms with Gasteiger partial charge in [-0.05, 0) is 25.5 Å². The van der Waals surface area contributed by atoms with Crippen molar-refractivity contribution in [1.82, 2.24) is 19.5 Å². The van der Waals surface area contributed by atoms with Crippen LogP contribution in [-0.4, -0.2) is 19.5 Å². The monoisotopic (exact) mass is 306 g/mol. The summed E-state index contributed by atoms with van der Waals surface area (Å²) in [5.41, 5.74) is 2.97. The minimum Gasteiger partial charge on any atom is -0.311 e. The van der Waals surface area contributed by atoms with Crippen LogP contribution in [0.3, 0.4) is 0 Å². The van der Waals surface area contributed by atoms with E-state index in [0.717, 1.165) is 40.5 Å². The van der Waals surface area contributed by atoms with Crippen molar-refractivity contribution in [2.45, 2.75) is 32.2 Å². The Morgan fingerprint density at radius 2 is 2.20 bits per heavy atom. The van der Waals surface area contributed by atoms with E-state index in [1.165, 1.54) is 0 Å². The fraction of sp³-hybridized carbons (Fsp3) is 0.357. The van der Waals surface area contributed by atoms with Gasteiger partial charge in [0, 0.05) is 30.7 Å². The SMILES string of the molecule is Cc1ccnc2c1nc(C(C)Cl)n2CCc1nccs1. The highest BCUT2D eigenvalue weighted by Crippen LogP contribution is 2.25. The van der Waals surface area contributed by atoms with E-state index in [-0.39, 0.29) is 5.38 Å². The van der Waals surface area contributed by atoms with E-state index in [4.69, 9.17) is 11.6 Å². The smallest absolute Gasteiger partial charge is 0.160 e. The first-order valence-corrected chi connectivity index (χ1v) is 7.82. The molecule has 104 valence electrons. The third-order valence-electron chi connectivity index (χ3n) is 3.25. The third-order valence-corrected chi connectivity index (χ3v) is 4.29. The van der Waals surface area contributed by atoms with Crippen molar-refractivity contribution >= 4 is 34.1 Å². The van der Waals surface area contributed by atoms with Crippen LogP contribution in [0.2, 0.25) is 0 Å². The molecule has 4 nitrogen and oxygen atoms in total. The van der Waals surface area contributed by atoms with Crippen molar-refractivity contribution in [3.63, 3.8) is 0 Å². The summed E-state index contributed by atoms with van der Waals surface area (Å²) >= 11 is 7.94. The van der Waals surface area contributed by atoms with E-state index in [2.05, 4.69) is 19.5 Å². The molecule has 3 aromatic heterocycles. The Morgan fingerprint density at radius 1 is 1.35 bits per heavy atom. The topological polar surface area (TPSA) is 43.6 Å². The number of halogens is 1. The molecule has 0 amide bonds. The molecule has 3 heterocycles. The molecule has 0 N–H and O–H groups in total. The summed E-state index contributed by atoms with van der Waals surface area (Å²) in [6, 6.07) is 1.98. The summed E-state index contributed by atoms with van der Waals surface area (Å²) in [5, 5.41) is 2.97. The maximum atomic E-state index is 6.27. The van der Waals surface area contributed by atoms with Crippen molar-refractivity contribution in [1.29, 1.82) is 0 Å². The molecule has 20 heavy (non-hydrogen) atoms. The van der Waals surface area contributed by atoms with Gasteiger partial charge in [-0.3, -0.25) is 0 Å². The van der Waals surface area contributed by atoms with E-state index < -0.39 is 0 Å². The zero-order valence-corrected chi connectivity index (χ0v) is 12.9. The minimum absolute atomic E-state index is 0.139. The van der Waals surface area contributed by atoms with Gasteiger partial charge in [0.1, 0.15) is 11.3 Å². The van der Waals surface area contributed by atoms with E-state index in [1.807, 2.05) is 37.7 Å². The minimum atomic E-state index is -0.139. The van der Waals surface area contributed by atoms with Gasteiger partial charge in [0.2, 0.25) is 0 Å². The first kappa shape index (κ1) is 13.5. The van der Waals surface area contributed by atoms with Gasteiger partial charge < -0.3 is 4.57 Å². The van der Waals surface area contributed by atoms with Crippen LogP contribution in [0.15, 0.2) is 23.8 Å². The molecule has 0 aromatic carbocycles. The predicted molar refractivity (Wildman–Crippen MR) is 82.4 cm³/mol. The lowest BCUT2D eigenvalue weighted by Gasteiger charge is -2.08. The molecule has 0 aliphatic carbocycles. The number of aromatic nitrogens is 4. The second-order valence-corrected chi connectivity index (χ2v) is 6.35. The fourth-order valence-electron chi connectivity index (χ4n) is 2.26. The summed E-state index contributed by atoms with van der Waals surface area (Å²) in [6.07, 6.45) is 4.52. The quantitative estimate of drug-likeness (QED) is 0.690. The normalized spacial score (nSPS) is 12.9. The van der Waals surface area contributed by atoms with Crippen LogP contribution in [0.4, 0.5) is 0 Å². The molecule has 3 aromatic rings. The zero-order chi connectivity index (χ0) is 14.1. The molecule has 0 spiro atoms. The molecule has 0 saturated heterocycles. The van der Waals surface area contributed by atoms with Crippen LogP contribution in [0, 0.1) is 6.92 Å². The second-order valence-electron chi connectivity index (χ2n) is 4.71. The van der Waals surface area contributed by atoms with Crippen molar-refractivity contribution in [2.24, 2.45) is 0 Å². The second kappa shape index (κ2) is 5.50. The maximum absolute atomic E-state index is 6.27. The van der Waals surface area contributed by atoms with Crippen molar-refractivity contribution in [2.75, 3.05) is 0 Å². The Bertz CT molecular complexity index is 718. The number of rotatable bonds is 4. The standard InChI is InChI=1S/C14H15ClN4S/c1-9-3-5-17-14-12(9)18-13(10(2)15)19(14)7-4-11-16-6-8-20-11/h3,5-6,8,10H,4,7H2,1-2H3. The average molecular weight is 307 g/mol. The van der Waals surface area contributed by atoms with Gasteiger partial charge in [0.25, 0.3) is 0 Å².